The SMILES string of the molecule is CNC(=O)C1CCCN1c1ccc(CO)cc1C. The summed E-state index contributed by atoms with van der Waals surface area (Å²) in [4.78, 5) is 14.0. The van der Waals surface area contributed by atoms with E-state index in [1.165, 1.54) is 0 Å². The molecule has 1 aliphatic rings. The van der Waals surface area contributed by atoms with Crippen molar-refractivity contribution in [1.29, 1.82) is 0 Å². The van der Waals surface area contributed by atoms with E-state index in [2.05, 4.69) is 10.2 Å². The Hall–Kier alpha value is -1.55. The first-order valence-corrected chi connectivity index (χ1v) is 6.36. The molecule has 98 valence electrons. The van der Waals surface area contributed by atoms with E-state index in [1.807, 2.05) is 25.1 Å². The van der Waals surface area contributed by atoms with Crippen LogP contribution in [0, 0.1) is 6.92 Å². The molecule has 4 heteroatoms. The van der Waals surface area contributed by atoms with Crippen LogP contribution in [-0.2, 0) is 11.4 Å². The number of aliphatic hydroxyl groups is 1. The minimum Gasteiger partial charge on any atom is -0.392 e. The number of anilines is 1. The molecule has 4 nitrogen and oxygen atoms in total. The number of likely N-dealkylation sites (N-methyl/N-ethyl adjacent to an activating group) is 1. The molecule has 1 aliphatic heterocycles. The highest BCUT2D eigenvalue weighted by molar-refractivity contribution is 5.86. The lowest BCUT2D eigenvalue weighted by Crippen LogP contribution is -2.42. The summed E-state index contributed by atoms with van der Waals surface area (Å²) in [6, 6.07) is 5.84. The number of aryl methyl sites for hydroxylation is 1. The number of rotatable bonds is 3. The molecular formula is C14H20N2O2. The predicted octanol–water partition coefficient (Wildman–Crippen LogP) is 1.20. The fourth-order valence-corrected chi connectivity index (χ4v) is 2.63. The average Bonchev–Trinajstić information content (AvgIpc) is 2.86. The lowest BCUT2D eigenvalue weighted by molar-refractivity contribution is -0.121. The van der Waals surface area contributed by atoms with Crippen LogP contribution in [0.4, 0.5) is 5.69 Å². The van der Waals surface area contributed by atoms with E-state index in [9.17, 15) is 4.79 Å². The highest BCUT2D eigenvalue weighted by Crippen LogP contribution is 2.29. The third-order valence-corrected chi connectivity index (χ3v) is 3.56. The summed E-state index contributed by atoms with van der Waals surface area (Å²) in [6.45, 7) is 2.99. The second kappa shape index (κ2) is 5.40. The Morgan fingerprint density at radius 2 is 2.33 bits per heavy atom. The van der Waals surface area contributed by atoms with Crippen LogP contribution in [0.2, 0.25) is 0 Å². The molecule has 2 N–H and O–H groups in total. The van der Waals surface area contributed by atoms with Crippen molar-refractivity contribution < 1.29 is 9.90 Å². The van der Waals surface area contributed by atoms with E-state index in [0.29, 0.717) is 0 Å². The van der Waals surface area contributed by atoms with Crippen molar-refractivity contribution >= 4 is 11.6 Å². The molecule has 1 aromatic carbocycles. The third kappa shape index (κ3) is 2.34. The van der Waals surface area contributed by atoms with Gasteiger partial charge in [-0.05, 0) is 37.0 Å². The van der Waals surface area contributed by atoms with Crippen molar-refractivity contribution in [2.45, 2.75) is 32.4 Å². The molecule has 1 atom stereocenters. The van der Waals surface area contributed by atoms with E-state index >= 15 is 0 Å². The summed E-state index contributed by atoms with van der Waals surface area (Å²) in [7, 11) is 1.68. The Labute approximate surface area is 108 Å². The monoisotopic (exact) mass is 248 g/mol. The maximum atomic E-state index is 11.8. The van der Waals surface area contributed by atoms with E-state index in [-0.39, 0.29) is 18.6 Å². The summed E-state index contributed by atoms with van der Waals surface area (Å²) in [6.07, 6.45) is 1.94. The number of aliphatic hydroxyl groups excluding tert-OH is 1. The summed E-state index contributed by atoms with van der Waals surface area (Å²) in [5, 5.41) is 11.8. The number of carbonyl (C=O) groups is 1. The first-order valence-electron chi connectivity index (χ1n) is 6.36. The van der Waals surface area contributed by atoms with Gasteiger partial charge in [0.1, 0.15) is 6.04 Å². The quantitative estimate of drug-likeness (QED) is 0.845. The largest absolute Gasteiger partial charge is 0.392 e. The van der Waals surface area contributed by atoms with Gasteiger partial charge in [0.15, 0.2) is 0 Å². The van der Waals surface area contributed by atoms with Crippen LogP contribution in [0.1, 0.15) is 24.0 Å². The lowest BCUT2D eigenvalue weighted by atomic mass is 10.1. The normalized spacial score (nSPS) is 19.1. The van der Waals surface area contributed by atoms with Crippen LogP contribution in [0.15, 0.2) is 18.2 Å². The Morgan fingerprint density at radius 1 is 1.56 bits per heavy atom. The first kappa shape index (κ1) is 12.9. The van der Waals surface area contributed by atoms with Crippen molar-refractivity contribution in [2.75, 3.05) is 18.5 Å². The number of benzene rings is 1. The zero-order chi connectivity index (χ0) is 13.1. The van der Waals surface area contributed by atoms with Crippen molar-refractivity contribution in [3.05, 3.63) is 29.3 Å². The second-order valence-corrected chi connectivity index (χ2v) is 4.74. The molecule has 0 bridgehead atoms. The van der Waals surface area contributed by atoms with Gasteiger partial charge in [0.2, 0.25) is 5.91 Å². The molecule has 18 heavy (non-hydrogen) atoms. The Kier molecular flexibility index (Phi) is 3.87. The Morgan fingerprint density at radius 3 is 2.94 bits per heavy atom. The summed E-state index contributed by atoms with van der Waals surface area (Å²) >= 11 is 0. The minimum absolute atomic E-state index is 0.0556. The van der Waals surface area contributed by atoms with E-state index < -0.39 is 0 Å². The maximum Gasteiger partial charge on any atom is 0.242 e. The lowest BCUT2D eigenvalue weighted by Gasteiger charge is -2.27. The molecule has 0 saturated carbocycles. The molecule has 0 spiro atoms. The highest BCUT2D eigenvalue weighted by atomic mass is 16.3. The van der Waals surface area contributed by atoms with Crippen LogP contribution < -0.4 is 10.2 Å². The van der Waals surface area contributed by atoms with Crippen LogP contribution in [0.5, 0.6) is 0 Å². The van der Waals surface area contributed by atoms with E-state index in [4.69, 9.17) is 5.11 Å². The van der Waals surface area contributed by atoms with Gasteiger partial charge in [0, 0.05) is 19.3 Å². The molecule has 0 aliphatic carbocycles. The second-order valence-electron chi connectivity index (χ2n) is 4.74. The number of amides is 1. The Balaban J connectivity index is 2.27. The molecule has 1 amide bonds. The van der Waals surface area contributed by atoms with Crippen LogP contribution in [-0.4, -0.2) is 30.6 Å². The van der Waals surface area contributed by atoms with Crippen LogP contribution in [0.25, 0.3) is 0 Å². The van der Waals surface area contributed by atoms with Gasteiger partial charge in [0.25, 0.3) is 0 Å². The van der Waals surface area contributed by atoms with Crippen LogP contribution in [0.3, 0.4) is 0 Å². The summed E-state index contributed by atoms with van der Waals surface area (Å²) < 4.78 is 0. The van der Waals surface area contributed by atoms with Gasteiger partial charge in [-0.3, -0.25) is 4.79 Å². The molecular weight excluding hydrogens is 228 g/mol. The Bertz CT molecular complexity index is 445. The molecule has 1 unspecified atom stereocenters. The fraction of sp³-hybridized carbons (Fsp3) is 0.500. The molecule has 0 radical (unpaired) electrons. The fourth-order valence-electron chi connectivity index (χ4n) is 2.63. The zero-order valence-electron chi connectivity index (χ0n) is 10.9. The smallest absolute Gasteiger partial charge is 0.242 e. The summed E-state index contributed by atoms with van der Waals surface area (Å²) in [5.41, 5.74) is 3.11. The standard InChI is InChI=1S/C14H20N2O2/c1-10-8-11(9-17)5-6-12(10)16-7-3-4-13(16)14(18)15-2/h5-6,8,13,17H,3-4,7,9H2,1-2H3,(H,15,18). The number of carbonyl (C=O) groups excluding carboxylic acids is 1. The van der Waals surface area contributed by atoms with Gasteiger partial charge < -0.3 is 15.3 Å². The molecule has 1 saturated heterocycles. The topological polar surface area (TPSA) is 52.6 Å². The number of hydrogen-bond donors (Lipinski definition) is 2. The first-order chi connectivity index (χ1) is 8.67. The van der Waals surface area contributed by atoms with Crippen molar-refractivity contribution in [3.63, 3.8) is 0 Å². The molecule has 1 heterocycles. The highest BCUT2D eigenvalue weighted by Gasteiger charge is 2.30. The van der Waals surface area contributed by atoms with Crippen molar-refractivity contribution in [1.82, 2.24) is 5.32 Å². The van der Waals surface area contributed by atoms with Crippen LogP contribution >= 0.6 is 0 Å². The summed E-state index contributed by atoms with van der Waals surface area (Å²) in [5.74, 6) is 0.0816. The van der Waals surface area contributed by atoms with Gasteiger partial charge in [-0.25, -0.2) is 0 Å². The third-order valence-electron chi connectivity index (χ3n) is 3.56. The minimum atomic E-state index is -0.0614. The molecule has 1 aromatic rings. The maximum absolute atomic E-state index is 11.8. The molecule has 0 aromatic heterocycles. The number of nitrogens with zero attached hydrogens (tertiary/aromatic N) is 1. The van der Waals surface area contributed by atoms with E-state index in [0.717, 1.165) is 36.2 Å². The number of nitrogens with one attached hydrogen (secondary N) is 1. The van der Waals surface area contributed by atoms with Gasteiger partial charge in [-0.2, -0.15) is 0 Å². The van der Waals surface area contributed by atoms with Gasteiger partial charge in [-0.1, -0.05) is 12.1 Å². The molecule has 1 fully saturated rings. The van der Waals surface area contributed by atoms with Gasteiger partial charge in [-0.15, -0.1) is 0 Å². The zero-order valence-corrected chi connectivity index (χ0v) is 10.9. The predicted molar refractivity (Wildman–Crippen MR) is 71.5 cm³/mol. The molecule has 2 rings (SSSR count). The average molecular weight is 248 g/mol. The van der Waals surface area contributed by atoms with Crippen molar-refractivity contribution in [3.8, 4) is 0 Å². The van der Waals surface area contributed by atoms with Crippen molar-refractivity contribution in [2.24, 2.45) is 0 Å². The van der Waals surface area contributed by atoms with Gasteiger partial charge >= 0.3 is 0 Å². The van der Waals surface area contributed by atoms with E-state index in [1.54, 1.807) is 7.05 Å². The van der Waals surface area contributed by atoms with Gasteiger partial charge in [0.05, 0.1) is 6.61 Å². The number of hydrogen-bond acceptors (Lipinski definition) is 3.